The number of carboxylic acid groups (broad SMARTS) is 1. The number of carbonyl (C=O) groups is 1. The van der Waals surface area contributed by atoms with Crippen molar-refractivity contribution in [1.29, 1.82) is 0 Å². The fourth-order valence-electron chi connectivity index (χ4n) is 2.51. The topological polar surface area (TPSA) is 84.2 Å². The van der Waals surface area contributed by atoms with Gasteiger partial charge in [0.05, 0.1) is 6.54 Å². The number of nitrogens with zero attached hydrogens (tertiary/aromatic N) is 3. The normalized spacial score (nSPS) is 24.2. The molecule has 0 fully saturated rings. The number of pyridine rings is 1. The molecule has 1 aromatic rings. The van der Waals surface area contributed by atoms with Crippen molar-refractivity contribution in [2.24, 2.45) is 4.99 Å². The predicted octanol–water partition coefficient (Wildman–Crippen LogP) is 2.77. The van der Waals surface area contributed by atoms with Gasteiger partial charge in [-0.15, -0.1) is 0 Å². The van der Waals surface area contributed by atoms with Crippen molar-refractivity contribution in [2.75, 3.05) is 13.2 Å². The molecule has 2 aliphatic rings. The van der Waals surface area contributed by atoms with Crippen LogP contribution in [0.25, 0.3) is 6.08 Å². The van der Waals surface area contributed by atoms with Gasteiger partial charge >= 0.3 is 5.97 Å². The third kappa shape index (κ3) is 5.18. The molecular formula is C20H19N3O4. The van der Waals surface area contributed by atoms with Crippen molar-refractivity contribution in [3.05, 3.63) is 78.4 Å². The van der Waals surface area contributed by atoms with E-state index in [1.54, 1.807) is 23.4 Å². The lowest BCUT2D eigenvalue weighted by atomic mass is 10.2. The number of hydrogen-bond donors (Lipinski definition) is 1. The van der Waals surface area contributed by atoms with E-state index in [0.717, 1.165) is 5.56 Å². The minimum absolute atomic E-state index is 0.129. The molecule has 7 heteroatoms. The van der Waals surface area contributed by atoms with E-state index in [9.17, 15) is 9.90 Å². The zero-order chi connectivity index (χ0) is 18.9. The van der Waals surface area contributed by atoms with E-state index in [1.807, 2.05) is 48.6 Å². The molecule has 0 aromatic carbocycles. The zero-order valence-electron chi connectivity index (χ0n) is 14.5. The van der Waals surface area contributed by atoms with Gasteiger partial charge in [-0.25, -0.2) is 14.8 Å². The molecule has 27 heavy (non-hydrogen) atoms. The van der Waals surface area contributed by atoms with Gasteiger partial charge in [-0.1, -0.05) is 24.3 Å². The lowest BCUT2D eigenvalue weighted by Gasteiger charge is -2.17. The second kappa shape index (κ2) is 9.19. The first-order chi connectivity index (χ1) is 13.2. The van der Waals surface area contributed by atoms with Crippen LogP contribution < -0.4 is 4.74 Å². The van der Waals surface area contributed by atoms with Gasteiger partial charge in [-0.3, -0.25) is 0 Å². The molecule has 0 radical (unpaired) electrons. The summed E-state index contributed by atoms with van der Waals surface area (Å²) in [5.74, 6) is -0.588. The Kier molecular flexibility index (Phi) is 6.19. The van der Waals surface area contributed by atoms with E-state index in [1.165, 1.54) is 12.6 Å². The van der Waals surface area contributed by atoms with E-state index < -0.39 is 12.1 Å². The maximum Gasteiger partial charge on any atom is 0.352 e. The summed E-state index contributed by atoms with van der Waals surface area (Å²) in [4.78, 5) is 21.3. The monoisotopic (exact) mass is 365 g/mol. The molecule has 0 aliphatic carbocycles. The number of allylic oxidation sites excluding steroid dienone is 4. The number of aliphatic imine (C=N–C) groups is 1. The van der Waals surface area contributed by atoms with Crippen LogP contribution in [0.4, 0.5) is 0 Å². The van der Waals surface area contributed by atoms with Crippen LogP contribution in [0.5, 0.6) is 5.88 Å². The standard InChI is InChI=1S/C20H19N3O4/c24-20(25)18-13-17-14-23(18)11-10-21-15-26-12-5-3-1-2-4-7-16-8-6-9-22-19(16)27-17/h1-11,13,15,17H,12,14H2,(H,24,25)/b2-1-,5-3-,7-4-,11-10-,21-15?. The minimum Gasteiger partial charge on any atom is -0.479 e. The number of carboxylic acids is 1. The Balaban J connectivity index is 1.88. The van der Waals surface area contributed by atoms with Gasteiger partial charge in [0.25, 0.3) is 0 Å². The van der Waals surface area contributed by atoms with Crippen molar-refractivity contribution in [2.45, 2.75) is 6.10 Å². The van der Waals surface area contributed by atoms with Crippen molar-refractivity contribution < 1.29 is 19.4 Å². The van der Waals surface area contributed by atoms with E-state index in [2.05, 4.69) is 9.98 Å². The third-order valence-corrected chi connectivity index (χ3v) is 3.72. The Bertz CT molecular complexity index is 853. The Morgan fingerprint density at radius 1 is 1.26 bits per heavy atom. The van der Waals surface area contributed by atoms with Crippen LogP contribution in [0, 0.1) is 0 Å². The summed E-state index contributed by atoms with van der Waals surface area (Å²) in [7, 11) is 0. The molecule has 0 saturated carbocycles. The van der Waals surface area contributed by atoms with Gasteiger partial charge in [0, 0.05) is 24.2 Å². The third-order valence-electron chi connectivity index (χ3n) is 3.72. The summed E-state index contributed by atoms with van der Waals surface area (Å²) < 4.78 is 11.1. The minimum atomic E-state index is -1.03. The van der Waals surface area contributed by atoms with Crippen LogP contribution in [0.2, 0.25) is 0 Å². The molecular weight excluding hydrogens is 346 g/mol. The quantitative estimate of drug-likeness (QED) is 0.824. The Hall–Kier alpha value is -3.61. The number of hydrogen-bond acceptors (Lipinski definition) is 6. The highest BCUT2D eigenvalue weighted by molar-refractivity contribution is 5.86. The van der Waals surface area contributed by atoms with Gasteiger partial charge in [0.15, 0.2) is 6.40 Å². The van der Waals surface area contributed by atoms with Gasteiger partial charge in [-0.05, 0) is 30.4 Å². The predicted molar refractivity (Wildman–Crippen MR) is 102 cm³/mol. The molecule has 1 aromatic heterocycles. The first kappa shape index (κ1) is 18.2. The van der Waals surface area contributed by atoms with Crippen LogP contribution in [0.15, 0.2) is 77.9 Å². The van der Waals surface area contributed by atoms with Crippen LogP contribution in [0.1, 0.15) is 5.56 Å². The molecule has 7 nitrogen and oxygen atoms in total. The molecule has 1 N–H and O–H groups in total. The highest BCUT2D eigenvalue weighted by Gasteiger charge is 2.28. The average Bonchev–Trinajstić information content (AvgIpc) is 3.06. The van der Waals surface area contributed by atoms with E-state index in [4.69, 9.17) is 9.47 Å². The Labute approximate surface area is 157 Å². The first-order valence-electron chi connectivity index (χ1n) is 8.37. The molecule has 0 amide bonds. The number of fused-ring (bicyclic) bond motifs is 3. The summed E-state index contributed by atoms with van der Waals surface area (Å²) in [6.45, 7) is 0.731. The van der Waals surface area contributed by atoms with Crippen LogP contribution in [-0.2, 0) is 9.53 Å². The average molecular weight is 365 g/mol. The summed E-state index contributed by atoms with van der Waals surface area (Å²) in [6, 6.07) is 3.71. The summed E-state index contributed by atoms with van der Waals surface area (Å²) in [5.41, 5.74) is 0.934. The second-order valence-corrected chi connectivity index (χ2v) is 5.62. The first-order valence-corrected chi connectivity index (χ1v) is 8.37. The van der Waals surface area contributed by atoms with Crippen LogP contribution >= 0.6 is 0 Å². The SMILES string of the molecule is O=C(O)C1=CC2CN1/C=C\N=COC\C=C/C=C\C=C/c1cccnc1O2. The molecule has 2 aliphatic heterocycles. The number of ether oxygens (including phenoxy) is 2. The Morgan fingerprint density at radius 2 is 2.15 bits per heavy atom. The van der Waals surface area contributed by atoms with Crippen molar-refractivity contribution >= 4 is 18.4 Å². The molecule has 138 valence electrons. The largest absolute Gasteiger partial charge is 0.479 e. The molecule has 0 saturated heterocycles. The van der Waals surface area contributed by atoms with Crippen LogP contribution in [0.3, 0.4) is 0 Å². The van der Waals surface area contributed by atoms with Gasteiger partial charge in [-0.2, -0.15) is 0 Å². The van der Waals surface area contributed by atoms with Gasteiger partial charge in [0.2, 0.25) is 5.88 Å². The summed E-state index contributed by atoms with van der Waals surface area (Å²) in [6.07, 6.45) is 18.3. The molecule has 1 atom stereocenters. The van der Waals surface area contributed by atoms with Crippen molar-refractivity contribution in [3.63, 3.8) is 0 Å². The smallest absolute Gasteiger partial charge is 0.352 e. The maximum absolute atomic E-state index is 11.5. The van der Waals surface area contributed by atoms with Crippen molar-refractivity contribution in [1.82, 2.24) is 9.88 Å². The highest BCUT2D eigenvalue weighted by Crippen LogP contribution is 2.23. The van der Waals surface area contributed by atoms with E-state index >= 15 is 0 Å². The lowest BCUT2D eigenvalue weighted by Crippen LogP contribution is -2.25. The molecule has 1 unspecified atom stereocenters. The van der Waals surface area contributed by atoms with Gasteiger partial charge in [0.1, 0.15) is 18.4 Å². The molecule has 0 spiro atoms. The molecule has 3 heterocycles. The number of rotatable bonds is 1. The maximum atomic E-state index is 11.5. The summed E-state index contributed by atoms with van der Waals surface area (Å²) >= 11 is 0. The number of aliphatic carboxylic acids is 1. The molecule has 3 rings (SSSR count). The van der Waals surface area contributed by atoms with E-state index in [-0.39, 0.29) is 5.70 Å². The Morgan fingerprint density at radius 3 is 3.04 bits per heavy atom. The van der Waals surface area contributed by atoms with Gasteiger partial charge < -0.3 is 19.5 Å². The highest BCUT2D eigenvalue weighted by atomic mass is 16.5. The van der Waals surface area contributed by atoms with Crippen molar-refractivity contribution in [3.8, 4) is 5.88 Å². The van der Waals surface area contributed by atoms with Crippen LogP contribution in [-0.4, -0.2) is 46.6 Å². The fraction of sp³-hybridized carbons (Fsp3) is 0.150. The fourth-order valence-corrected chi connectivity index (χ4v) is 2.51. The summed E-state index contributed by atoms with van der Waals surface area (Å²) in [5, 5.41) is 9.41. The zero-order valence-corrected chi connectivity index (χ0v) is 14.5. The molecule has 2 bridgehead atoms. The lowest BCUT2D eigenvalue weighted by molar-refractivity contribution is -0.133. The van der Waals surface area contributed by atoms with E-state index in [0.29, 0.717) is 19.0 Å². The second-order valence-electron chi connectivity index (χ2n) is 5.62. The number of aromatic nitrogens is 1.